The minimum atomic E-state index is -0.405. The Kier molecular flexibility index (Phi) is 4.20. The summed E-state index contributed by atoms with van der Waals surface area (Å²) in [4.78, 5) is 11.7. The van der Waals surface area contributed by atoms with Crippen molar-refractivity contribution in [3.8, 4) is 5.75 Å². The highest BCUT2D eigenvalue weighted by Crippen LogP contribution is 2.20. The number of halogens is 1. The summed E-state index contributed by atoms with van der Waals surface area (Å²) >= 11 is 0. The second-order valence-electron chi connectivity index (χ2n) is 4.37. The molecule has 0 unspecified atom stereocenters. The van der Waals surface area contributed by atoms with E-state index in [1.807, 2.05) is 6.92 Å². The Morgan fingerprint density at radius 1 is 1.30 bits per heavy atom. The SMILES string of the molecule is Cc1cc(N)ccc1OCC(=O)Nc1cccc(F)c1. The maximum atomic E-state index is 13.0. The highest BCUT2D eigenvalue weighted by atomic mass is 19.1. The molecule has 0 spiro atoms. The monoisotopic (exact) mass is 274 g/mol. The standard InChI is InChI=1S/C15H15FN2O2/c1-10-7-12(17)5-6-14(10)20-9-15(19)18-13-4-2-3-11(16)8-13/h2-8H,9,17H2,1H3,(H,18,19). The fourth-order valence-electron chi connectivity index (χ4n) is 1.74. The van der Waals surface area contributed by atoms with Gasteiger partial charge in [0.1, 0.15) is 11.6 Å². The molecule has 2 aromatic rings. The van der Waals surface area contributed by atoms with Crippen molar-refractivity contribution >= 4 is 17.3 Å². The molecule has 2 aromatic carbocycles. The van der Waals surface area contributed by atoms with Crippen LogP contribution in [0.25, 0.3) is 0 Å². The maximum absolute atomic E-state index is 13.0. The second-order valence-corrected chi connectivity index (χ2v) is 4.37. The molecule has 1 amide bonds. The van der Waals surface area contributed by atoms with Crippen molar-refractivity contribution in [1.29, 1.82) is 0 Å². The lowest BCUT2D eigenvalue weighted by Crippen LogP contribution is -2.20. The van der Waals surface area contributed by atoms with Gasteiger partial charge in [0, 0.05) is 11.4 Å². The molecule has 0 saturated carbocycles. The Morgan fingerprint density at radius 3 is 2.80 bits per heavy atom. The van der Waals surface area contributed by atoms with Gasteiger partial charge in [-0.05, 0) is 48.9 Å². The number of benzene rings is 2. The third kappa shape index (κ3) is 3.71. The third-order valence-electron chi connectivity index (χ3n) is 2.67. The third-order valence-corrected chi connectivity index (χ3v) is 2.67. The van der Waals surface area contributed by atoms with Gasteiger partial charge in [-0.15, -0.1) is 0 Å². The van der Waals surface area contributed by atoms with Crippen LogP contribution < -0.4 is 15.8 Å². The Bertz CT molecular complexity index is 629. The maximum Gasteiger partial charge on any atom is 0.262 e. The zero-order valence-corrected chi connectivity index (χ0v) is 11.0. The normalized spacial score (nSPS) is 10.1. The van der Waals surface area contributed by atoms with Gasteiger partial charge >= 0.3 is 0 Å². The van der Waals surface area contributed by atoms with Gasteiger partial charge in [0.25, 0.3) is 5.91 Å². The van der Waals surface area contributed by atoms with E-state index in [4.69, 9.17) is 10.5 Å². The number of carbonyl (C=O) groups is 1. The van der Waals surface area contributed by atoms with Crippen LogP contribution in [-0.4, -0.2) is 12.5 Å². The van der Waals surface area contributed by atoms with Gasteiger partial charge in [-0.1, -0.05) is 6.07 Å². The first-order chi connectivity index (χ1) is 9.54. The van der Waals surface area contributed by atoms with E-state index in [-0.39, 0.29) is 12.5 Å². The van der Waals surface area contributed by atoms with Crippen molar-refractivity contribution in [2.24, 2.45) is 0 Å². The molecule has 0 bridgehead atoms. The number of amides is 1. The topological polar surface area (TPSA) is 64.3 Å². The summed E-state index contributed by atoms with van der Waals surface area (Å²) < 4.78 is 18.4. The largest absolute Gasteiger partial charge is 0.483 e. The van der Waals surface area contributed by atoms with Gasteiger partial charge in [0.05, 0.1) is 0 Å². The molecule has 20 heavy (non-hydrogen) atoms. The van der Waals surface area contributed by atoms with Gasteiger partial charge in [-0.25, -0.2) is 4.39 Å². The molecule has 0 radical (unpaired) electrons. The van der Waals surface area contributed by atoms with Gasteiger partial charge in [-0.2, -0.15) is 0 Å². The Labute approximate surface area is 116 Å². The molecule has 0 aromatic heterocycles. The van der Waals surface area contributed by atoms with Crippen LogP contribution in [0.5, 0.6) is 5.75 Å². The molecule has 4 nitrogen and oxygen atoms in total. The van der Waals surface area contributed by atoms with Gasteiger partial charge in [0.15, 0.2) is 6.61 Å². The fourth-order valence-corrected chi connectivity index (χ4v) is 1.74. The summed E-state index contributed by atoms with van der Waals surface area (Å²) in [6.45, 7) is 1.69. The molecule has 5 heteroatoms. The van der Waals surface area contributed by atoms with E-state index >= 15 is 0 Å². The van der Waals surface area contributed by atoms with Gasteiger partial charge in [0.2, 0.25) is 0 Å². The molecule has 0 aliphatic carbocycles. The number of aryl methyl sites for hydroxylation is 1. The zero-order chi connectivity index (χ0) is 14.5. The predicted molar refractivity (Wildman–Crippen MR) is 76.1 cm³/mol. The van der Waals surface area contributed by atoms with Crippen LogP contribution in [0.15, 0.2) is 42.5 Å². The second kappa shape index (κ2) is 6.06. The first-order valence-electron chi connectivity index (χ1n) is 6.09. The highest BCUT2D eigenvalue weighted by Gasteiger charge is 2.06. The lowest BCUT2D eigenvalue weighted by atomic mass is 10.2. The van der Waals surface area contributed by atoms with Crippen molar-refractivity contribution < 1.29 is 13.9 Å². The quantitative estimate of drug-likeness (QED) is 0.842. The summed E-state index contributed by atoms with van der Waals surface area (Å²) in [7, 11) is 0. The van der Waals surface area contributed by atoms with E-state index < -0.39 is 5.82 Å². The average Bonchev–Trinajstić information content (AvgIpc) is 2.37. The number of nitrogens with two attached hydrogens (primary N) is 1. The van der Waals surface area contributed by atoms with Crippen LogP contribution in [0.4, 0.5) is 15.8 Å². The van der Waals surface area contributed by atoms with E-state index in [0.717, 1.165) is 5.56 Å². The molecular formula is C15H15FN2O2. The number of nitrogen functional groups attached to an aromatic ring is 1. The highest BCUT2D eigenvalue weighted by molar-refractivity contribution is 5.91. The Morgan fingerprint density at radius 2 is 2.10 bits per heavy atom. The Balaban J connectivity index is 1.92. The summed E-state index contributed by atoms with van der Waals surface area (Å²) in [6.07, 6.45) is 0. The summed E-state index contributed by atoms with van der Waals surface area (Å²) in [5.41, 5.74) is 7.51. The van der Waals surface area contributed by atoms with E-state index in [0.29, 0.717) is 17.1 Å². The van der Waals surface area contributed by atoms with Crippen LogP contribution in [-0.2, 0) is 4.79 Å². The number of hydrogen-bond donors (Lipinski definition) is 2. The number of rotatable bonds is 4. The van der Waals surface area contributed by atoms with Crippen LogP contribution >= 0.6 is 0 Å². The lowest BCUT2D eigenvalue weighted by molar-refractivity contribution is -0.118. The molecule has 0 fully saturated rings. The van der Waals surface area contributed by atoms with Crippen LogP contribution in [0.2, 0.25) is 0 Å². The van der Waals surface area contributed by atoms with E-state index in [1.54, 1.807) is 24.3 Å². The molecule has 2 rings (SSSR count). The van der Waals surface area contributed by atoms with Crippen LogP contribution in [0.1, 0.15) is 5.56 Å². The summed E-state index contributed by atoms with van der Waals surface area (Å²) in [5.74, 6) is -0.168. The number of hydrogen-bond acceptors (Lipinski definition) is 3. The molecule has 0 atom stereocenters. The number of nitrogens with one attached hydrogen (secondary N) is 1. The van der Waals surface area contributed by atoms with Gasteiger partial charge < -0.3 is 15.8 Å². The number of anilines is 2. The van der Waals surface area contributed by atoms with Gasteiger partial charge in [-0.3, -0.25) is 4.79 Å². The van der Waals surface area contributed by atoms with E-state index in [2.05, 4.69) is 5.32 Å². The van der Waals surface area contributed by atoms with Crippen molar-refractivity contribution in [3.05, 3.63) is 53.8 Å². The minimum Gasteiger partial charge on any atom is -0.483 e. The molecular weight excluding hydrogens is 259 g/mol. The molecule has 104 valence electrons. The fraction of sp³-hybridized carbons (Fsp3) is 0.133. The van der Waals surface area contributed by atoms with Crippen LogP contribution in [0, 0.1) is 12.7 Å². The average molecular weight is 274 g/mol. The molecule has 0 saturated heterocycles. The van der Waals surface area contributed by atoms with Crippen LogP contribution in [0.3, 0.4) is 0 Å². The smallest absolute Gasteiger partial charge is 0.262 e. The number of ether oxygens (including phenoxy) is 1. The predicted octanol–water partition coefficient (Wildman–Crippen LogP) is 2.73. The molecule has 0 heterocycles. The Hall–Kier alpha value is -2.56. The van der Waals surface area contributed by atoms with E-state index in [9.17, 15) is 9.18 Å². The molecule has 3 N–H and O–H groups in total. The summed E-state index contributed by atoms with van der Waals surface area (Å²) in [5, 5.41) is 2.56. The van der Waals surface area contributed by atoms with E-state index in [1.165, 1.54) is 18.2 Å². The minimum absolute atomic E-state index is 0.152. The molecule has 0 aliphatic heterocycles. The lowest BCUT2D eigenvalue weighted by Gasteiger charge is -2.10. The van der Waals surface area contributed by atoms with Crippen molar-refractivity contribution in [1.82, 2.24) is 0 Å². The first kappa shape index (κ1) is 13.9. The number of carbonyl (C=O) groups excluding carboxylic acids is 1. The van der Waals surface area contributed by atoms with Crippen molar-refractivity contribution in [3.63, 3.8) is 0 Å². The molecule has 0 aliphatic rings. The summed E-state index contributed by atoms with van der Waals surface area (Å²) in [6, 6.07) is 10.9. The zero-order valence-electron chi connectivity index (χ0n) is 11.0. The van der Waals surface area contributed by atoms with Crippen molar-refractivity contribution in [2.75, 3.05) is 17.7 Å². The first-order valence-corrected chi connectivity index (χ1v) is 6.09. The van der Waals surface area contributed by atoms with Crippen molar-refractivity contribution in [2.45, 2.75) is 6.92 Å².